The number of amides is 1. The zero-order valence-corrected chi connectivity index (χ0v) is 13.6. The van der Waals surface area contributed by atoms with Crippen LogP contribution in [0, 0.1) is 18.3 Å². The monoisotopic (exact) mass is 307 g/mol. The fourth-order valence-corrected chi connectivity index (χ4v) is 2.49. The topological polar surface area (TPSA) is 64.9 Å². The number of nitrogens with zero attached hydrogens (tertiary/aromatic N) is 1. The minimum absolute atomic E-state index is 0.0814. The molecule has 0 aliphatic heterocycles. The molecule has 4 heteroatoms. The molecule has 2 aromatic rings. The molecule has 4 nitrogen and oxygen atoms in total. The first-order chi connectivity index (χ1) is 11.0. The van der Waals surface area contributed by atoms with E-state index in [-0.39, 0.29) is 18.0 Å². The van der Waals surface area contributed by atoms with Gasteiger partial charge in [0.25, 0.3) is 0 Å². The van der Waals surface area contributed by atoms with E-state index < -0.39 is 0 Å². The lowest BCUT2D eigenvalue weighted by Crippen LogP contribution is -2.39. The van der Waals surface area contributed by atoms with Gasteiger partial charge in [-0.3, -0.25) is 10.1 Å². The summed E-state index contributed by atoms with van der Waals surface area (Å²) in [7, 11) is 0. The second-order valence-corrected chi connectivity index (χ2v) is 5.65. The first kappa shape index (κ1) is 16.7. The van der Waals surface area contributed by atoms with E-state index in [1.807, 2.05) is 26.0 Å². The van der Waals surface area contributed by atoms with Gasteiger partial charge in [-0.2, -0.15) is 5.26 Å². The van der Waals surface area contributed by atoms with E-state index in [1.165, 1.54) is 11.1 Å². The molecular weight excluding hydrogens is 286 g/mol. The number of hydrogen-bond donors (Lipinski definition) is 2. The molecule has 2 unspecified atom stereocenters. The maximum atomic E-state index is 12.3. The van der Waals surface area contributed by atoms with Crippen LogP contribution in [0.15, 0.2) is 48.5 Å². The Kier molecular flexibility index (Phi) is 5.51. The van der Waals surface area contributed by atoms with Crippen molar-refractivity contribution in [3.05, 3.63) is 65.2 Å². The van der Waals surface area contributed by atoms with Crippen LogP contribution in [0.25, 0.3) is 0 Å². The van der Waals surface area contributed by atoms with Gasteiger partial charge >= 0.3 is 0 Å². The predicted octanol–water partition coefficient (Wildman–Crippen LogP) is 3.54. The Balaban J connectivity index is 1.97. The van der Waals surface area contributed by atoms with E-state index in [1.54, 1.807) is 24.3 Å². The lowest BCUT2D eigenvalue weighted by molar-refractivity contribution is -0.117. The van der Waals surface area contributed by atoms with Crippen molar-refractivity contribution < 1.29 is 4.79 Å². The van der Waals surface area contributed by atoms with Gasteiger partial charge in [0.2, 0.25) is 5.91 Å². The summed E-state index contributed by atoms with van der Waals surface area (Å²) in [5, 5.41) is 14.9. The zero-order chi connectivity index (χ0) is 16.8. The molecule has 23 heavy (non-hydrogen) atoms. The molecule has 1 amide bonds. The van der Waals surface area contributed by atoms with Crippen LogP contribution in [0.5, 0.6) is 0 Å². The molecule has 2 atom stereocenters. The third-order valence-electron chi connectivity index (χ3n) is 3.83. The van der Waals surface area contributed by atoms with Crippen molar-refractivity contribution in [2.75, 3.05) is 5.32 Å². The van der Waals surface area contributed by atoms with Crippen molar-refractivity contribution >= 4 is 11.6 Å². The van der Waals surface area contributed by atoms with E-state index in [4.69, 9.17) is 5.26 Å². The van der Waals surface area contributed by atoms with Crippen LogP contribution in [0.2, 0.25) is 0 Å². The highest BCUT2D eigenvalue weighted by atomic mass is 16.2. The maximum absolute atomic E-state index is 12.3. The van der Waals surface area contributed by atoms with Crippen LogP contribution in [-0.2, 0) is 4.79 Å². The predicted molar refractivity (Wildman–Crippen MR) is 92.0 cm³/mol. The van der Waals surface area contributed by atoms with Crippen LogP contribution in [0.4, 0.5) is 5.69 Å². The average molecular weight is 307 g/mol. The lowest BCUT2D eigenvalue weighted by atomic mass is 10.0. The number of carbonyl (C=O) groups is 1. The van der Waals surface area contributed by atoms with Crippen molar-refractivity contribution in [1.82, 2.24) is 5.32 Å². The number of carbonyl (C=O) groups excluding carboxylic acids is 1. The Morgan fingerprint density at radius 3 is 2.35 bits per heavy atom. The Morgan fingerprint density at radius 1 is 1.09 bits per heavy atom. The first-order valence-electron chi connectivity index (χ1n) is 7.64. The van der Waals surface area contributed by atoms with Gasteiger partial charge in [0.05, 0.1) is 17.7 Å². The Bertz CT molecular complexity index is 716. The SMILES string of the molecule is Cc1ccccc1C(C)NC(C)C(=O)Nc1ccc(C#N)cc1. The highest BCUT2D eigenvalue weighted by molar-refractivity contribution is 5.94. The molecule has 0 heterocycles. The number of rotatable bonds is 5. The number of nitrogens with one attached hydrogen (secondary N) is 2. The summed E-state index contributed by atoms with van der Waals surface area (Å²) in [4.78, 5) is 12.3. The molecule has 2 N–H and O–H groups in total. The average Bonchev–Trinajstić information content (AvgIpc) is 2.55. The summed E-state index contributed by atoms with van der Waals surface area (Å²) in [6, 6.07) is 16.8. The normalized spacial score (nSPS) is 13.0. The van der Waals surface area contributed by atoms with Gasteiger partial charge in [-0.15, -0.1) is 0 Å². The van der Waals surface area contributed by atoms with Gasteiger partial charge in [0.1, 0.15) is 0 Å². The van der Waals surface area contributed by atoms with Crippen molar-refractivity contribution in [2.45, 2.75) is 32.9 Å². The van der Waals surface area contributed by atoms with Gasteiger partial charge in [-0.25, -0.2) is 0 Å². The molecule has 0 fully saturated rings. The summed E-state index contributed by atoms with van der Waals surface area (Å²) in [6.07, 6.45) is 0. The molecule has 0 aliphatic carbocycles. The lowest BCUT2D eigenvalue weighted by Gasteiger charge is -2.21. The van der Waals surface area contributed by atoms with Gasteiger partial charge in [0.15, 0.2) is 0 Å². The van der Waals surface area contributed by atoms with E-state index in [9.17, 15) is 4.79 Å². The van der Waals surface area contributed by atoms with E-state index in [0.717, 1.165) is 0 Å². The molecule has 0 saturated heterocycles. The van der Waals surface area contributed by atoms with Gasteiger partial charge in [-0.1, -0.05) is 24.3 Å². The quantitative estimate of drug-likeness (QED) is 0.888. The molecule has 118 valence electrons. The summed E-state index contributed by atoms with van der Waals surface area (Å²) in [5.41, 5.74) is 3.64. The standard InChI is InChI=1S/C19H21N3O/c1-13-6-4-5-7-18(13)14(2)21-15(3)19(23)22-17-10-8-16(12-20)9-11-17/h4-11,14-15,21H,1-3H3,(H,22,23). The first-order valence-corrected chi connectivity index (χ1v) is 7.64. The molecule has 0 bridgehead atoms. The van der Waals surface area contributed by atoms with Crippen LogP contribution < -0.4 is 10.6 Å². The Labute approximate surface area is 137 Å². The highest BCUT2D eigenvalue weighted by Crippen LogP contribution is 2.17. The van der Waals surface area contributed by atoms with Crippen LogP contribution in [0.3, 0.4) is 0 Å². The molecule has 2 rings (SSSR count). The van der Waals surface area contributed by atoms with Crippen molar-refractivity contribution in [1.29, 1.82) is 5.26 Å². The minimum Gasteiger partial charge on any atom is -0.325 e. The van der Waals surface area contributed by atoms with Crippen molar-refractivity contribution in [3.8, 4) is 6.07 Å². The molecule has 0 aromatic heterocycles. The Hall–Kier alpha value is -2.64. The molecule has 0 spiro atoms. The van der Waals surface area contributed by atoms with Crippen LogP contribution in [0.1, 0.15) is 36.6 Å². The molecular formula is C19H21N3O. The van der Waals surface area contributed by atoms with Crippen LogP contribution in [-0.4, -0.2) is 11.9 Å². The zero-order valence-electron chi connectivity index (χ0n) is 13.6. The van der Waals surface area contributed by atoms with Crippen molar-refractivity contribution in [3.63, 3.8) is 0 Å². The summed E-state index contributed by atoms with van der Waals surface area (Å²) in [5.74, 6) is -0.102. The fourth-order valence-electron chi connectivity index (χ4n) is 2.49. The van der Waals surface area contributed by atoms with Gasteiger partial charge < -0.3 is 5.32 Å². The van der Waals surface area contributed by atoms with Gasteiger partial charge in [-0.05, 0) is 56.2 Å². The third kappa shape index (κ3) is 4.41. The molecule has 2 aromatic carbocycles. The third-order valence-corrected chi connectivity index (χ3v) is 3.83. The summed E-state index contributed by atoms with van der Waals surface area (Å²) >= 11 is 0. The summed E-state index contributed by atoms with van der Waals surface area (Å²) < 4.78 is 0. The highest BCUT2D eigenvalue weighted by Gasteiger charge is 2.17. The second kappa shape index (κ2) is 7.57. The van der Waals surface area contributed by atoms with Crippen molar-refractivity contribution in [2.24, 2.45) is 0 Å². The second-order valence-electron chi connectivity index (χ2n) is 5.65. The molecule has 0 aliphatic rings. The van der Waals surface area contributed by atoms with Crippen LogP contribution >= 0.6 is 0 Å². The van der Waals surface area contributed by atoms with E-state index in [0.29, 0.717) is 11.3 Å². The number of aryl methyl sites for hydroxylation is 1. The Morgan fingerprint density at radius 2 is 1.74 bits per heavy atom. The molecule has 0 radical (unpaired) electrons. The maximum Gasteiger partial charge on any atom is 0.241 e. The summed E-state index contributed by atoms with van der Waals surface area (Å²) in [6.45, 7) is 5.95. The van der Waals surface area contributed by atoms with E-state index in [2.05, 4.69) is 35.8 Å². The number of hydrogen-bond acceptors (Lipinski definition) is 3. The number of anilines is 1. The fraction of sp³-hybridized carbons (Fsp3) is 0.263. The largest absolute Gasteiger partial charge is 0.325 e. The van der Waals surface area contributed by atoms with E-state index >= 15 is 0 Å². The minimum atomic E-state index is -0.333. The number of benzene rings is 2. The molecule has 0 saturated carbocycles. The van der Waals surface area contributed by atoms with Gasteiger partial charge in [0, 0.05) is 11.7 Å². The number of nitriles is 1. The smallest absolute Gasteiger partial charge is 0.241 e.